The van der Waals surface area contributed by atoms with Gasteiger partial charge in [-0.3, -0.25) is 0 Å². The second-order valence-electron chi connectivity index (χ2n) is 5.55. The second-order valence-corrected chi connectivity index (χ2v) is 5.55. The molecule has 2 aliphatic heterocycles. The van der Waals surface area contributed by atoms with E-state index < -0.39 is 0 Å². The third-order valence-electron chi connectivity index (χ3n) is 2.94. The summed E-state index contributed by atoms with van der Waals surface area (Å²) < 4.78 is 5.39. The molecule has 16 heavy (non-hydrogen) atoms. The van der Waals surface area contributed by atoms with Crippen molar-refractivity contribution in [2.24, 2.45) is 5.92 Å². The zero-order valence-electron chi connectivity index (χ0n) is 10.2. The van der Waals surface area contributed by atoms with E-state index in [-0.39, 0.29) is 24.1 Å². The van der Waals surface area contributed by atoms with Gasteiger partial charge < -0.3 is 15.0 Å². The molecule has 2 unspecified atom stereocenters. The van der Waals surface area contributed by atoms with Crippen molar-refractivity contribution in [3.8, 4) is 0 Å². The van der Waals surface area contributed by atoms with Crippen LogP contribution >= 0.6 is 12.4 Å². The van der Waals surface area contributed by atoms with Crippen molar-refractivity contribution in [3.63, 3.8) is 0 Å². The first-order valence-corrected chi connectivity index (χ1v) is 5.66. The Balaban J connectivity index is 0.00000128. The zero-order chi connectivity index (χ0) is 11.1. The molecule has 2 rings (SSSR count). The van der Waals surface area contributed by atoms with Gasteiger partial charge in [-0.15, -0.1) is 12.4 Å². The molecule has 2 aliphatic rings. The van der Waals surface area contributed by atoms with E-state index in [0.717, 1.165) is 26.1 Å². The molecule has 2 atom stereocenters. The maximum Gasteiger partial charge on any atom is 0.410 e. The minimum atomic E-state index is -0.388. The molecule has 1 amide bonds. The molecule has 94 valence electrons. The van der Waals surface area contributed by atoms with Gasteiger partial charge in [-0.05, 0) is 39.7 Å². The van der Waals surface area contributed by atoms with Crippen LogP contribution in [0.3, 0.4) is 0 Å². The first-order chi connectivity index (χ1) is 6.96. The van der Waals surface area contributed by atoms with Gasteiger partial charge in [-0.2, -0.15) is 0 Å². The van der Waals surface area contributed by atoms with Crippen LogP contribution in [0.2, 0.25) is 0 Å². The van der Waals surface area contributed by atoms with Crippen LogP contribution in [0.25, 0.3) is 0 Å². The fraction of sp³-hybridized carbons (Fsp3) is 0.909. The zero-order valence-corrected chi connectivity index (χ0v) is 11.0. The van der Waals surface area contributed by atoms with E-state index in [1.807, 2.05) is 25.7 Å². The number of nitrogens with one attached hydrogen (secondary N) is 1. The summed E-state index contributed by atoms with van der Waals surface area (Å²) >= 11 is 0. The minimum absolute atomic E-state index is 0. The van der Waals surface area contributed by atoms with Gasteiger partial charge in [0.05, 0.1) is 0 Å². The average Bonchev–Trinajstić information content (AvgIpc) is 2.38. The molecular formula is C11H21ClN2O2. The van der Waals surface area contributed by atoms with Crippen molar-refractivity contribution < 1.29 is 9.53 Å². The Hall–Kier alpha value is -0.480. The van der Waals surface area contributed by atoms with Crippen LogP contribution in [0.1, 0.15) is 27.2 Å². The number of hydrogen-bond donors (Lipinski definition) is 1. The van der Waals surface area contributed by atoms with E-state index in [0.29, 0.717) is 12.0 Å². The fourth-order valence-electron chi connectivity index (χ4n) is 2.35. The molecule has 0 aromatic carbocycles. The molecule has 2 saturated heterocycles. The molecule has 2 bridgehead atoms. The highest BCUT2D eigenvalue weighted by Crippen LogP contribution is 2.27. The summed E-state index contributed by atoms with van der Waals surface area (Å²) in [5.41, 5.74) is -0.388. The van der Waals surface area contributed by atoms with Gasteiger partial charge in [0.1, 0.15) is 5.60 Å². The molecule has 2 heterocycles. The monoisotopic (exact) mass is 248 g/mol. The van der Waals surface area contributed by atoms with Gasteiger partial charge in [0.2, 0.25) is 0 Å². The van der Waals surface area contributed by atoms with Crippen molar-refractivity contribution in [2.45, 2.75) is 38.8 Å². The lowest BCUT2D eigenvalue weighted by atomic mass is 10.0. The molecule has 2 fully saturated rings. The number of halogens is 1. The van der Waals surface area contributed by atoms with Gasteiger partial charge in [-0.1, -0.05) is 0 Å². The van der Waals surface area contributed by atoms with Crippen molar-refractivity contribution >= 4 is 18.5 Å². The van der Waals surface area contributed by atoms with E-state index in [2.05, 4.69) is 5.32 Å². The Morgan fingerprint density at radius 1 is 1.38 bits per heavy atom. The molecule has 4 nitrogen and oxygen atoms in total. The molecule has 0 aromatic heterocycles. The van der Waals surface area contributed by atoms with Gasteiger partial charge in [-0.25, -0.2) is 4.79 Å². The van der Waals surface area contributed by atoms with Crippen LogP contribution in [-0.2, 0) is 4.74 Å². The summed E-state index contributed by atoms with van der Waals surface area (Å²) in [5, 5.41) is 3.35. The maximum atomic E-state index is 11.9. The predicted octanol–water partition coefficient (Wildman–Crippen LogP) is 1.64. The smallest absolute Gasteiger partial charge is 0.410 e. The number of carbonyl (C=O) groups excluding carboxylic acids is 1. The summed E-state index contributed by atoms with van der Waals surface area (Å²) in [4.78, 5) is 13.8. The number of nitrogens with zero attached hydrogens (tertiary/aromatic N) is 1. The number of likely N-dealkylation sites (tertiary alicyclic amines) is 1. The SMILES string of the molecule is CC(C)(C)OC(=O)N1CC2CNCC1C2.Cl. The van der Waals surface area contributed by atoms with Gasteiger partial charge in [0.15, 0.2) is 0 Å². The highest BCUT2D eigenvalue weighted by molar-refractivity contribution is 5.85. The lowest BCUT2D eigenvalue weighted by molar-refractivity contribution is 0.0231. The van der Waals surface area contributed by atoms with Gasteiger partial charge in [0.25, 0.3) is 0 Å². The van der Waals surface area contributed by atoms with Crippen LogP contribution in [0.4, 0.5) is 4.79 Å². The number of fused-ring (bicyclic) bond motifs is 2. The fourth-order valence-corrected chi connectivity index (χ4v) is 2.35. The Morgan fingerprint density at radius 3 is 2.62 bits per heavy atom. The van der Waals surface area contributed by atoms with Crippen molar-refractivity contribution in [3.05, 3.63) is 0 Å². The van der Waals surface area contributed by atoms with Crippen LogP contribution in [0, 0.1) is 5.92 Å². The first kappa shape index (κ1) is 13.6. The third-order valence-corrected chi connectivity index (χ3v) is 2.94. The maximum absolute atomic E-state index is 11.9. The quantitative estimate of drug-likeness (QED) is 0.709. The largest absolute Gasteiger partial charge is 0.444 e. The number of piperidine rings is 1. The third kappa shape index (κ3) is 3.01. The van der Waals surface area contributed by atoms with Crippen molar-refractivity contribution in [2.75, 3.05) is 19.6 Å². The van der Waals surface area contributed by atoms with E-state index in [4.69, 9.17) is 4.74 Å². The van der Waals surface area contributed by atoms with E-state index in [1.165, 1.54) is 0 Å². The Morgan fingerprint density at radius 2 is 2.06 bits per heavy atom. The summed E-state index contributed by atoms with van der Waals surface area (Å²) in [5.74, 6) is 0.622. The summed E-state index contributed by atoms with van der Waals surface area (Å²) in [6, 6.07) is 0.346. The topological polar surface area (TPSA) is 41.6 Å². The lowest BCUT2D eigenvalue weighted by Crippen LogP contribution is -2.43. The van der Waals surface area contributed by atoms with Crippen LogP contribution in [-0.4, -0.2) is 42.3 Å². The average molecular weight is 249 g/mol. The highest BCUT2D eigenvalue weighted by Gasteiger charge is 2.39. The molecule has 1 N–H and O–H groups in total. The molecular weight excluding hydrogens is 228 g/mol. The summed E-state index contributed by atoms with van der Waals surface area (Å²) in [6.45, 7) is 8.53. The van der Waals surface area contributed by atoms with Crippen LogP contribution in [0.5, 0.6) is 0 Å². The first-order valence-electron chi connectivity index (χ1n) is 5.66. The van der Waals surface area contributed by atoms with Gasteiger partial charge in [0, 0.05) is 19.1 Å². The number of amides is 1. The number of ether oxygens (including phenoxy) is 1. The normalized spacial score (nSPS) is 28.6. The number of carbonyl (C=O) groups is 1. The van der Waals surface area contributed by atoms with Crippen LogP contribution < -0.4 is 5.32 Å². The van der Waals surface area contributed by atoms with E-state index in [1.54, 1.807) is 0 Å². The molecule has 0 saturated carbocycles. The Kier molecular flexibility index (Phi) is 4.07. The summed E-state index contributed by atoms with van der Waals surface area (Å²) in [6.07, 6.45) is 0.977. The Labute approximate surface area is 103 Å². The molecule has 0 radical (unpaired) electrons. The Bertz CT molecular complexity index is 265. The van der Waals surface area contributed by atoms with E-state index >= 15 is 0 Å². The minimum Gasteiger partial charge on any atom is -0.444 e. The van der Waals surface area contributed by atoms with E-state index in [9.17, 15) is 4.79 Å². The summed E-state index contributed by atoms with van der Waals surface area (Å²) in [7, 11) is 0. The van der Waals surface area contributed by atoms with Crippen LogP contribution in [0.15, 0.2) is 0 Å². The molecule has 5 heteroatoms. The number of rotatable bonds is 0. The van der Waals surface area contributed by atoms with Crippen molar-refractivity contribution in [1.82, 2.24) is 10.2 Å². The second kappa shape index (κ2) is 4.80. The number of hydrogen-bond acceptors (Lipinski definition) is 3. The van der Waals surface area contributed by atoms with Gasteiger partial charge >= 0.3 is 6.09 Å². The van der Waals surface area contributed by atoms with Crippen molar-refractivity contribution in [1.29, 1.82) is 0 Å². The molecule has 0 aromatic rings. The molecule has 0 aliphatic carbocycles. The standard InChI is InChI=1S/C11H20N2O2.ClH/c1-11(2,3)15-10(14)13-7-8-4-9(13)6-12-5-8;/h8-9,12H,4-7H2,1-3H3;1H. The predicted molar refractivity (Wildman–Crippen MR) is 65.0 cm³/mol. The highest BCUT2D eigenvalue weighted by atomic mass is 35.5. The lowest BCUT2D eigenvalue weighted by Gasteiger charge is -2.28. The molecule has 0 spiro atoms.